The van der Waals surface area contributed by atoms with Crippen molar-refractivity contribution in [2.24, 2.45) is 0 Å². The molecule has 1 aliphatic rings. The first-order valence-corrected chi connectivity index (χ1v) is 8.79. The van der Waals surface area contributed by atoms with Gasteiger partial charge >= 0.3 is 0 Å². The number of aryl methyl sites for hydroxylation is 2. The first-order valence-electron chi connectivity index (χ1n) is 8.41. The second kappa shape index (κ2) is 6.15. The molecule has 0 aliphatic heterocycles. The Bertz CT molecular complexity index is 965. The second-order valence-corrected chi connectivity index (χ2v) is 6.96. The van der Waals surface area contributed by atoms with E-state index in [1.807, 2.05) is 26.2 Å². The van der Waals surface area contributed by atoms with Crippen molar-refractivity contribution in [2.75, 3.05) is 7.05 Å². The van der Waals surface area contributed by atoms with Crippen LogP contribution in [0.3, 0.4) is 0 Å². The van der Waals surface area contributed by atoms with Gasteiger partial charge in [-0.2, -0.15) is 5.10 Å². The summed E-state index contributed by atoms with van der Waals surface area (Å²) in [6.45, 7) is 1.93. The summed E-state index contributed by atoms with van der Waals surface area (Å²) in [5, 5.41) is 4.68. The van der Waals surface area contributed by atoms with Gasteiger partial charge < -0.3 is 4.90 Å². The van der Waals surface area contributed by atoms with Crippen LogP contribution >= 0.6 is 11.6 Å². The minimum Gasteiger partial charge on any atom is -0.333 e. The second-order valence-electron chi connectivity index (χ2n) is 6.58. The van der Waals surface area contributed by atoms with E-state index in [4.69, 9.17) is 11.6 Å². The smallest absolute Gasteiger partial charge is 0.276 e. The van der Waals surface area contributed by atoms with Gasteiger partial charge in [-0.25, -0.2) is 9.50 Å². The SMILES string of the molecule is Cc1cnc2c(Cl)c(C(=O)N(C)C3CCCc4ccccc43)nn2c1. The van der Waals surface area contributed by atoms with E-state index in [0.717, 1.165) is 24.8 Å². The van der Waals surface area contributed by atoms with Crippen LogP contribution < -0.4 is 0 Å². The molecule has 1 atom stereocenters. The van der Waals surface area contributed by atoms with Crippen molar-refractivity contribution in [1.29, 1.82) is 0 Å². The Morgan fingerprint density at radius 3 is 3.00 bits per heavy atom. The van der Waals surface area contributed by atoms with Crippen LogP contribution in [0, 0.1) is 6.92 Å². The van der Waals surface area contributed by atoms with Crippen LogP contribution in [-0.4, -0.2) is 32.5 Å². The van der Waals surface area contributed by atoms with Crippen LogP contribution in [0.15, 0.2) is 36.7 Å². The molecule has 2 aromatic heterocycles. The molecular weight excluding hydrogens is 336 g/mol. The zero-order chi connectivity index (χ0) is 17.6. The highest BCUT2D eigenvalue weighted by Crippen LogP contribution is 2.34. The van der Waals surface area contributed by atoms with Crippen molar-refractivity contribution in [3.05, 3.63) is 64.1 Å². The molecule has 1 amide bonds. The Labute approximate surface area is 151 Å². The third-order valence-corrected chi connectivity index (χ3v) is 5.22. The van der Waals surface area contributed by atoms with Crippen LogP contribution in [0.25, 0.3) is 5.65 Å². The van der Waals surface area contributed by atoms with E-state index in [2.05, 4.69) is 28.3 Å². The molecule has 128 valence electrons. The number of carbonyl (C=O) groups is 1. The van der Waals surface area contributed by atoms with Crippen molar-refractivity contribution in [3.63, 3.8) is 0 Å². The lowest BCUT2D eigenvalue weighted by Crippen LogP contribution is -2.33. The lowest BCUT2D eigenvalue weighted by molar-refractivity contribution is 0.0709. The molecule has 0 radical (unpaired) electrons. The van der Waals surface area contributed by atoms with Crippen molar-refractivity contribution in [3.8, 4) is 0 Å². The maximum absolute atomic E-state index is 13.1. The molecule has 1 unspecified atom stereocenters. The third-order valence-electron chi connectivity index (χ3n) is 4.87. The van der Waals surface area contributed by atoms with E-state index in [1.165, 1.54) is 11.1 Å². The molecule has 5 nitrogen and oxygen atoms in total. The average Bonchev–Trinajstić information content (AvgIpc) is 2.96. The maximum atomic E-state index is 13.1. The Morgan fingerprint density at radius 1 is 1.36 bits per heavy atom. The maximum Gasteiger partial charge on any atom is 0.276 e. The number of amides is 1. The highest BCUT2D eigenvalue weighted by atomic mass is 35.5. The summed E-state index contributed by atoms with van der Waals surface area (Å²) in [6.07, 6.45) is 6.62. The number of nitrogens with zero attached hydrogens (tertiary/aromatic N) is 4. The van der Waals surface area contributed by atoms with Crippen molar-refractivity contribution >= 4 is 23.2 Å². The molecule has 0 N–H and O–H groups in total. The van der Waals surface area contributed by atoms with Gasteiger partial charge in [0, 0.05) is 19.4 Å². The van der Waals surface area contributed by atoms with Gasteiger partial charge in [-0.1, -0.05) is 35.9 Å². The molecule has 0 spiro atoms. The van der Waals surface area contributed by atoms with Crippen molar-refractivity contribution in [1.82, 2.24) is 19.5 Å². The topological polar surface area (TPSA) is 50.5 Å². The molecule has 1 aromatic carbocycles. The van der Waals surface area contributed by atoms with Gasteiger partial charge in [0.1, 0.15) is 5.02 Å². The highest BCUT2D eigenvalue weighted by molar-refractivity contribution is 6.36. The summed E-state index contributed by atoms with van der Waals surface area (Å²) in [7, 11) is 1.83. The molecule has 2 heterocycles. The summed E-state index contributed by atoms with van der Waals surface area (Å²) in [5.41, 5.74) is 4.26. The van der Waals surface area contributed by atoms with Crippen LogP contribution in [0.1, 0.15) is 46.1 Å². The molecule has 6 heteroatoms. The van der Waals surface area contributed by atoms with E-state index in [0.29, 0.717) is 10.7 Å². The Kier molecular flexibility index (Phi) is 3.96. The van der Waals surface area contributed by atoms with Crippen LogP contribution in [-0.2, 0) is 6.42 Å². The lowest BCUT2D eigenvalue weighted by Gasteiger charge is -2.33. The molecule has 0 saturated carbocycles. The number of benzene rings is 1. The predicted molar refractivity (Wildman–Crippen MR) is 96.9 cm³/mol. The minimum atomic E-state index is -0.171. The van der Waals surface area contributed by atoms with Gasteiger partial charge in [0.15, 0.2) is 11.3 Å². The molecule has 3 aromatic rings. The van der Waals surface area contributed by atoms with Crippen molar-refractivity contribution < 1.29 is 4.79 Å². The lowest BCUT2D eigenvalue weighted by atomic mass is 9.87. The van der Waals surface area contributed by atoms with Gasteiger partial charge in [-0.3, -0.25) is 4.79 Å². The van der Waals surface area contributed by atoms with Crippen molar-refractivity contribution in [2.45, 2.75) is 32.2 Å². The molecule has 0 saturated heterocycles. The Hall–Kier alpha value is -2.40. The first kappa shape index (κ1) is 16.1. The van der Waals surface area contributed by atoms with Crippen LogP contribution in [0.5, 0.6) is 0 Å². The monoisotopic (exact) mass is 354 g/mol. The van der Waals surface area contributed by atoms with Gasteiger partial charge in [-0.15, -0.1) is 0 Å². The number of aromatic nitrogens is 3. The van der Waals surface area contributed by atoms with E-state index < -0.39 is 0 Å². The highest BCUT2D eigenvalue weighted by Gasteiger charge is 2.30. The summed E-state index contributed by atoms with van der Waals surface area (Å²) < 4.78 is 1.58. The van der Waals surface area contributed by atoms with E-state index in [1.54, 1.807) is 15.6 Å². The summed E-state index contributed by atoms with van der Waals surface area (Å²) in [5.74, 6) is -0.171. The molecule has 0 bridgehead atoms. The zero-order valence-corrected chi connectivity index (χ0v) is 15.0. The molecule has 4 rings (SSSR count). The fraction of sp³-hybridized carbons (Fsp3) is 0.316. The number of hydrogen-bond acceptors (Lipinski definition) is 3. The Balaban J connectivity index is 1.71. The standard InChI is InChI=1S/C19H19ClN4O/c1-12-10-21-18-16(20)17(22-24(18)11-12)19(25)23(2)15-9-5-7-13-6-3-4-8-14(13)15/h3-4,6,8,10-11,15H,5,7,9H2,1-2H3. The van der Waals surface area contributed by atoms with Gasteiger partial charge in [-0.05, 0) is 42.9 Å². The number of rotatable bonds is 2. The predicted octanol–water partition coefficient (Wildman–Crippen LogP) is 3.84. The largest absolute Gasteiger partial charge is 0.333 e. The van der Waals surface area contributed by atoms with Gasteiger partial charge in [0.2, 0.25) is 0 Å². The zero-order valence-electron chi connectivity index (χ0n) is 14.2. The van der Waals surface area contributed by atoms with Gasteiger partial charge in [0.05, 0.1) is 6.04 Å². The summed E-state index contributed by atoms with van der Waals surface area (Å²) >= 11 is 6.39. The number of hydrogen-bond donors (Lipinski definition) is 0. The molecule has 25 heavy (non-hydrogen) atoms. The average molecular weight is 355 g/mol. The molecule has 0 fully saturated rings. The van der Waals surface area contributed by atoms with Gasteiger partial charge in [0.25, 0.3) is 5.91 Å². The number of fused-ring (bicyclic) bond motifs is 2. The molecule has 1 aliphatic carbocycles. The Morgan fingerprint density at radius 2 is 2.16 bits per heavy atom. The fourth-order valence-electron chi connectivity index (χ4n) is 3.58. The summed E-state index contributed by atoms with van der Waals surface area (Å²) in [4.78, 5) is 19.1. The number of halogens is 1. The normalized spacial score (nSPS) is 16.7. The fourth-order valence-corrected chi connectivity index (χ4v) is 3.83. The van der Waals surface area contributed by atoms with Crippen LogP contribution in [0.2, 0.25) is 5.02 Å². The van der Waals surface area contributed by atoms with E-state index in [-0.39, 0.29) is 17.6 Å². The molecular formula is C19H19ClN4O. The van der Waals surface area contributed by atoms with E-state index >= 15 is 0 Å². The summed E-state index contributed by atoms with van der Waals surface area (Å²) in [6, 6.07) is 8.38. The van der Waals surface area contributed by atoms with Crippen LogP contribution in [0.4, 0.5) is 0 Å². The van der Waals surface area contributed by atoms with E-state index in [9.17, 15) is 4.79 Å². The third kappa shape index (κ3) is 2.68. The number of carbonyl (C=O) groups excluding carboxylic acids is 1. The quantitative estimate of drug-likeness (QED) is 0.702. The first-order chi connectivity index (χ1) is 12.1. The minimum absolute atomic E-state index is 0.0491.